The largest absolute Gasteiger partial charge is 0.457 e. The standard InChI is InChI=1S/C21H19FN2O/c1-15-3-10-21(13-16(15)2)25-20-11-4-17(5-12-20)14-23-24-19-8-6-18(22)7-9-19/h3-14,24H,1-2H3. The molecule has 0 saturated carbocycles. The fourth-order valence-electron chi connectivity index (χ4n) is 2.24. The second-order valence-corrected chi connectivity index (χ2v) is 5.79. The number of nitrogens with one attached hydrogen (secondary N) is 1. The summed E-state index contributed by atoms with van der Waals surface area (Å²) in [4.78, 5) is 0. The third-order valence-corrected chi connectivity index (χ3v) is 3.85. The van der Waals surface area contributed by atoms with Crippen molar-refractivity contribution in [1.82, 2.24) is 0 Å². The Kier molecular flexibility index (Phi) is 5.09. The lowest BCUT2D eigenvalue weighted by atomic mass is 10.1. The second kappa shape index (κ2) is 7.62. The van der Waals surface area contributed by atoms with E-state index in [9.17, 15) is 4.39 Å². The SMILES string of the molecule is Cc1ccc(Oc2ccc(C=NNc3ccc(F)cc3)cc2)cc1C. The van der Waals surface area contributed by atoms with Crippen molar-refractivity contribution < 1.29 is 9.13 Å². The Morgan fingerprint density at radius 1 is 0.840 bits per heavy atom. The third kappa shape index (κ3) is 4.67. The molecule has 3 aromatic carbocycles. The summed E-state index contributed by atoms with van der Waals surface area (Å²) in [7, 11) is 0. The van der Waals surface area contributed by atoms with Crippen molar-refractivity contribution >= 4 is 11.9 Å². The van der Waals surface area contributed by atoms with Gasteiger partial charge in [-0.15, -0.1) is 0 Å². The van der Waals surface area contributed by atoms with Gasteiger partial charge in [0.15, 0.2) is 0 Å². The van der Waals surface area contributed by atoms with E-state index in [0.717, 1.165) is 22.7 Å². The minimum absolute atomic E-state index is 0.270. The topological polar surface area (TPSA) is 33.6 Å². The summed E-state index contributed by atoms with van der Waals surface area (Å²) in [6.45, 7) is 4.14. The lowest BCUT2D eigenvalue weighted by Crippen LogP contribution is -1.91. The van der Waals surface area contributed by atoms with Crippen molar-refractivity contribution in [3.05, 3.63) is 89.2 Å². The monoisotopic (exact) mass is 334 g/mol. The lowest BCUT2D eigenvalue weighted by molar-refractivity contribution is 0.482. The zero-order valence-corrected chi connectivity index (χ0v) is 14.2. The fraction of sp³-hybridized carbons (Fsp3) is 0.0952. The van der Waals surface area contributed by atoms with Crippen LogP contribution in [-0.4, -0.2) is 6.21 Å². The van der Waals surface area contributed by atoms with Crippen LogP contribution >= 0.6 is 0 Å². The van der Waals surface area contributed by atoms with Gasteiger partial charge < -0.3 is 4.74 Å². The van der Waals surface area contributed by atoms with Crippen molar-refractivity contribution in [1.29, 1.82) is 0 Å². The molecule has 3 rings (SSSR count). The van der Waals surface area contributed by atoms with Crippen LogP contribution in [0.2, 0.25) is 0 Å². The molecule has 0 aliphatic rings. The van der Waals surface area contributed by atoms with Gasteiger partial charge >= 0.3 is 0 Å². The van der Waals surface area contributed by atoms with Crippen molar-refractivity contribution in [2.24, 2.45) is 5.10 Å². The minimum Gasteiger partial charge on any atom is -0.457 e. The van der Waals surface area contributed by atoms with E-state index in [-0.39, 0.29) is 5.82 Å². The Hall–Kier alpha value is -3.14. The molecule has 3 aromatic rings. The smallest absolute Gasteiger partial charge is 0.127 e. The highest BCUT2D eigenvalue weighted by molar-refractivity contribution is 5.80. The maximum absolute atomic E-state index is 12.8. The van der Waals surface area contributed by atoms with Crippen LogP contribution < -0.4 is 10.2 Å². The Labute approximate surface area is 146 Å². The van der Waals surface area contributed by atoms with Crippen LogP contribution in [0, 0.1) is 19.7 Å². The van der Waals surface area contributed by atoms with Crippen LogP contribution in [0.1, 0.15) is 16.7 Å². The van der Waals surface area contributed by atoms with Gasteiger partial charge in [0.1, 0.15) is 17.3 Å². The van der Waals surface area contributed by atoms with Gasteiger partial charge in [-0.1, -0.05) is 6.07 Å². The van der Waals surface area contributed by atoms with Gasteiger partial charge in [0.25, 0.3) is 0 Å². The summed E-state index contributed by atoms with van der Waals surface area (Å²) < 4.78 is 18.7. The fourth-order valence-corrected chi connectivity index (χ4v) is 2.24. The number of nitrogens with zero attached hydrogens (tertiary/aromatic N) is 1. The average Bonchev–Trinajstić information content (AvgIpc) is 2.61. The molecule has 1 N–H and O–H groups in total. The molecule has 25 heavy (non-hydrogen) atoms. The second-order valence-electron chi connectivity index (χ2n) is 5.79. The maximum atomic E-state index is 12.8. The minimum atomic E-state index is -0.270. The van der Waals surface area contributed by atoms with Gasteiger partial charge in [0, 0.05) is 0 Å². The van der Waals surface area contributed by atoms with Crippen molar-refractivity contribution in [3.8, 4) is 11.5 Å². The predicted octanol–water partition coefficient (Wildman–Crippen LogP) is 5.68. The van der Waals surface area contributed by atoms with Gasteiger partial charge in [-0.2, -0.15) is 5.10 Å². The molecule has 0 atom stereocenters. The number of hydrogen-bond donors (Lipinski definition) is 1. The number of ether oxygens (including phenoxy) is 1. The maximum Gasteiger partial charge on any atom is 0.127 e. The summed E-state index contributed by atoms with van der Waals surface area (Å²) in [5.74, 6) is 1.32. The highest BCUT2D eigenvalue weighted by Crippen LogP contribution is 2.23. The van der Waals surface area contributed by atoms with Crippen molar-refractivity contribution in [2.75, 3.05) is 5.43 Å². The summed E-state index contributed by atoms with van der Waals surface area (Å²) in [6.07, 6.45) is 1.70. The molecular formula is C21H19FN2O. The van der Waals surface area contributed by atoms with Gasteiger partial charge in [-0.05, 0) is 91.2 Å². The van der Waals surface area contributed by atoms with E-state index in [1.54, 1.807) is 18.3 Å². The van der Waals surface area contributed by atoms with E-state index in [1.165, 1.54) is 23.3 Å². The Morgan fingerprint density at radius 3 is 2.20 bits per heavy atom. The van der Waals surface area contributed by atoms with E-state index >= 15 is 0 Å². The Morgan fingerprint density at radius 2 is 1.52 bits per heavy atom. The molecule has 0 fully saturated rings. The molecule has 0 aromatic heterocycles. The normalized spacial score (nSPS) is 10.8. The highest BCUT2D eigenvalue weighted by atomic mass is 19.1. The van der Waals surface area contributed by atoms with Crippen molar-refractivity contribution in [2.45, 2.75) is 13.8 Å². The number of benzene rings is 3. The third-order valence-electron chi connectivity index (χ3n) is 3.85. The van der Waals surface area contributed by atoms with E-state index in [0.29, 0.717) is 0 Å². The first kappa shape index (κ1) is 16.7. The molecule has 126 valence electrons. The predicted molar refractivity (Wildman–Crippen MR) is 100 cm³/mol. The molecule has 0 aliphatic heterocycles. The molecule has 3 nitrogen and oxygen atoms in total. The van der Waals surface area contributed by atoms with Crippen LogP contribution in [0.5, 0.6) is 11.5 Å². The zero-order valence-electron chi connectivity index (χ0n) is 14.2. The van der Waals surface area contributed by atoms with Crippen LogP contribution in [-0.2, 0) is 0 Å². The first-order valence-corrected chi connectivity index (χ1v) is 8.00. The first-order valence-electron chi connectivity index (χ1n) is 8.00. The molecule has 0 heterocycles. The molecule has 0 spiro atoms. The number of hydrazone groups is 1. The van der Waals surface area contributed by atoms with Crippen molar-refractivity contribution in [3.63, 3.8) is 0 Å². The number of aryl methyl sites for hydroxylation is 2. The number of rotatable bonds is 5. The average molecular weight is 334 g/mol. The molecule has 0 unspecified atom stereocenters. The quantitative estimate of drug-likeness (QED) is 0.481. The summed E-state index contributed by atoms with van der Waals surface area (Å²) >= 11 is 0. The zero-order chi connectivity index (χ0) is 17.6. The van der Waals surface area contributed by atoms with Gasteiger partial charge in [0.2, 0.25) is 0 Å². The molecule has 0 amide bonds. The van der Waals surface area contributed by atoms with E-state index in [1.807, 2.05) is 42.5 Å². The van der Waals surface area contributed by atoms with Crippen LogP contribution in [0.15, 0.2) is 71.8 Å². The molecule has 4 heteroatoms. The molecule has 0 bridgehead atoms. The molecule has 0 aliphatic carbocycles. The Balaban J connectivity index is 1.60. The summed E-state index contributed by atoms with van der Waals surface area (Å²) in [6, 6.07) is 19.7. The van der Waals surface area contributed by atoms with Crippen LogP contribution in [0.3, 0.4) is 0 Å². The lowest BCUT2D eigenvalue weighted by Gasteiger charge is -2.08. The van der Waals surface area contributed by atoms with Crippen LogP contribution in [0.4, 0.5) is 10.1 Å². The highest BCUT2D eigenvalue weighted by Gasteiger charge is 2.00. The Bertz CT molecular complexity index is 871. The van der Waals surface area contributed by atoms with Gasteiger partial charge in [-0.25, -0.2) is 4.39 Å². The van der Waals surface area contributed by atoms with E-state index in [2.05, 4.69) is 24.4 Å². The number of hydrogen-bond acceptors (Lipinski definition) is 3. The number of anilines is 1. The molecule has 0 radical (unpaired) electrons. The number of halogens is 1. The summed E-state index contributed by atoms with van der Waals surface area (Å²) in [5, 5.41) is 4.14. The van der Waals surface area contributed by atoms with E-state index in [4.69, 9.17) is 4.74 Å². The first-order chi connectivity index (χ1) is 12.1. The van der Waals surface area contributed by atoms with Gasteiger partial charge in [-0.3, -0.25) is 5.43 Å². The molecule has 0 saturated heterocycles. The molecular weight excluding hydrogens is 315 g/mol. The van der Waals surface area contributed by atoms with Crippen LogP contribution in [0.25, 0.3) is 0 Å². The summed E-state index contributed by atoms with van der Waals surface area (Å²) in [5.41, 5.74) is 6.96. The van der Waals surface area contributed by atoms with E-state index < -0.39 is 0 Å². The van der Waals surface area contributed by atoms with Gasteiger partial charge in [0.05, 0.1) is 11.9 Å².